The van der Waals surface area contributed by atoms with E-state index in [-0.39, 0.29) is 37.3 Å². The standard InChI is InChI=1S/2C25H34N4O12/c2*30-21(31)11-26(12-22(32)33)18(9-16-5-7-17(8-6-16)29(40)41)10-27(13-23(34)35)19-3-1-2-4-20(19)28(14-24(36)37)15-25(38)39/h2*5-8,18-20H,1-4,9-15H2,(H,30,31)(H,32,33)(H,34,35)(H,36,37)(H,38,39)/t18-,19+,20+;18-,19-,20-/m01/s1. The quantitative estimate of drug-likeness (QED) is 0.0324. The lowest BCUT2D eigenvalue weighted by Crippen LogP contribution is -2.59. The third-order valence-corrected chi connectivity index (χ3v) is 13.8. The van der Waals surface area contributed by atoms with Gasteiger partial charge in [0.25, 0.3) is 11.4 Å². The van der Waals surface area contributed by atoms with Crippen molar-refractivity contribution in [3.63, 3.8) is 0 Å². The maximum absolute atomic E-state index is 11.9. The number of carboxylic acids is 10. The van der Waals surface area contributed by atoms with Gasteiger partial charge in [0.05, 0.1) is 75.3 Å². The van der Waals surface area contributed by atoms with Crippen LogP contribution in [0.5, 0.6) is 0 Å². The zero-order chi connectivity index (χ0) is 61.4. The van der Waals surface area contributed by atoms with Crippen molar-refractivity contribution in [1.29, 1.82) is 0 Å². The number of carbonyl (C=O) groups is 10. The molecule has 452 valence electrons. The van der Waals surface area contributed by atoms with E-state index in [1.807, 2.05) is 0 Å². The molecule has 0 amide bonds. The van der Waals surface area contributed by atoms with E-state index in [2.05, 4.69) is 0 Å². The summed E-state index contributed by atoms with van der Waals surface area (Å²) in [7, 11) is 0. The summed E-state index contributed by atoms with van der Waals surface area (Å²) in [6.45, 7) is -6.55. The maximum atomic E-state index is 11.9. The second kappa shape index (κ2) is 33.5. The van der Waals surface area contributed by atoms with Crippen LogP contribution in [-0.2, 0) is 60.8 Å². The minimum absolute atomic E-state index is 0.0139. The topological polar surface area (TPSA) is 479 Å². The van der Waals surface area contributed by atoms with Crippen LogP contribution in [0.2, 0.25) is 0 Å². The van der Waals surface area contributed by atoms with Gasteiger partial charge in [-0.1, -0.05) is 49.9 Å². The third-order valence-electron chi connectivity index (χ3n) is 13.8. The van der Waals surface area contributed by atoms with Gasteiger partial charge in [0.1, 0.15) is 0 Å². The summed E-state index contributed by atoms with van der Waals surface area (Å²) in [5, 5.41) is 117. The Hall–Kier alpha value is -8.30. The highest BCUT2D eigenvalue weighted by Crippen LogP contribution is 2.31. The van der Waals surface area contributed by atoms with Crippen LogP contribution in [0.3, 0.4) is 0 Å². The number of hydrogen-bond acceptors (Lipinski definition) is 20. The van der Waals surface area contributed by atoms with Crippen molar-refractivity contribution in [1.82, 2.24) is 29.4 Å². The molecule has 0 aliphatic heterocycles. The van der Waals surface area contributed by atoms with Crippen molar-refractivity contribution in [3.8, 4) is 0 Å². The summed E-state index contributed by atoms with van der Waals surface area (Å²) >= 11 is 0. The largest absolute Gasteiger partial charge is 0.480 e. The Balaban J connectivity index is 0.000000430. The average molecular weight is 1170 g/mol. The summed E-state index contributed by atoms with van der Waals surface area (Å²) < 4.78 is 0. The number of hydrogen-bond donors (Lipinski definition) is 10. The first-order valence-electron chi connectivity index (χ1n) is 25.6. The zero-order valence-corrected chi connectivity index (χ0v) is 44.4. The number of nitrogens with zero attached hydrogens (tertiary/aromatic N) is 8. The summed E-state index contributed by atoms with van der Waals surface area (Å²) in [5.41, 5.74) is 0.644. The van der Waals surface area contributed by atoms with Gasteiger partial charge in [-0.25, -0.2) is 0 Å². The predicted octanol–water partition coefficient (Wildman–Crippen LogP) is 0.292. The number of nitro benzene ring substituents is 2. The fourth-order valence-corrected chi connectivity index (χ4v) is 10.7. The number of benzene rings is 2. The molecule has 2 fully saturated rings. The van der Waals surface area contributed by atoms with Gasteiger partial charge in [0.2, 0.25) is 0 Å². The van der Waals surface area contributed by atoms with Gasteiger partial charge in [-0.15, -0.1) is 0 Å². The Morgan fingerprint density at radius 2 is 0.573 bits per heavy atom. The van der Waals surface area contributed by atoms with Crippen molar-refractivity contribution in [2.24, 2.45) is 0 Å². The van der Waals surface area contributed by atoms with Gasteiger partial charge in [0.15, 0.2) is 0 Å². The first-order valence-corrected chi connectivity index (χ1v) is 25.6. The molecule has 0 spiro atoms. The predicted molar refractivity (Wildman–Crippen MR) is 279 cm³/mol. The van der Waals surface area contributed by atoms with Crippen molar-refractivity contribution < 1.29 is 109 Å². The monoisotopic (exact) mass is 1160 g/mol. The minimum atomic E-state index is -1.32. The first-order chi connectivity index (χ1) is 38.5. The zero-order valence-electron chi connectivity index (χ0n) is 44.4. The van der Waals surface area contributed by atoms with E-state index < -0.39 is 171 Å². The van der Waals surface area contributed by atoms with E-state index in [1.54, 1.807) is 0 Å². The normalized spacial score (nSPS) is 17.8. The maximum Gasteiger partial charge on any atom is 0.317 e. The number of nitro groups is 2. The van der Waals surface area contributed by atoms with Gasteiger partial charge >= 0.3 is 59.7 Å². The molecule has 0 unspecified atom stereocenters. The Kier molecular flexibility index (Phi) is 27.7. The molecule has 0 bridgehead atoms. The molecule has 4 rings (SSSR count). The van der Waals surface area contributed by atoms with Crippen molar-refractivity contribution in [3.05, 3.63) is 79.9 Å². The highest BCUT2D eigenvalue weighted by Gasteiger charge is 2.40. The third kappa shape index (κ3) is 24.2. The molecule has 0 radical (unpaired) electrons. The molecule has 32 heteroatoms. The van der Waals surface area contributed by atoms with Crippen molar-refractivity contribution in [2.45, 2.75) is 100 Å². The van der Waals surface area contributed by atoms with E-state index in [0.717, 1.165) is 9.80 Å². The van der Waals surface area contributed by atoms with Gasteiger partial charge in [0, 0.05) is 73.6 Å². The van der Waals surface area contributed by atoms with Gasteiger partial charge in [-0.2, -0.15) is 0 Å². The molecule has 0 aromatic heterocycles. The molecule has 6 atom stereocenters. The Bertz CT molecular complexity index is 2330. The van der Waals surface area contributed by atoms with Crippen LogP contribution in [0.25, 0.3) is 0 Å². The van der Waals surface area contributed by atoms with Crippen LogP contribution >= 0.6 is 0 Å². The molecular formula is C50H68N8O24. The minimum Gasteiger partial charge on any atom is -0.480 e. The Morgan fingerprint density at radius 3 is 0.780 bits per heavy atom. The van der Waals surface area contributed by atoms with Crippen molar-refractivity contribution >= 4 is 71.1 Å². The van der Waals surface area contributed by atoms with Crippen LogP contribution in [0.15, 0.2) is 48.5 Å². The number of rotatable bonds is 36. The average Bonchev–Trinajstić information content (AvgIpc) is 3.45. The molecular weight excluding hydrogens is 1100 g/mol. The second-order valence-electron chi connectivity index (χ2n) is 19.8. The smallest absolute Gasteiger partial charge is 0.317 e. The van der Waals surface area contributed by atoms with E-state index >= 15 is 0 Å². The molecule has 2 aromatic carbocycles. The van der Waals surface area contributed by atoms with E-state index in [9.17, 15) is 119 Å². The van der Waals surface area contributed by atoms with Crippen LogP contribution in [0, 0.1) is 20.2 Å². The molecule has 32 nitrogen and oxygen atoms in total. The molecule has 2 aliphatic rings. The molecule has 82 heavy (non-hydrogen) atoms. The van der Waals surface area contributed by atoms with Gasteiger partial charge in [-0.3, -0.25) is 97.6 Å². The lowest BCUT2D eigenvalue weighted by Gasteiger charge is -2.45. The lowest BCUT2D eigenvalue weighted by molar-refractivity contribution is -0.385. The summed E-state index contributed by atoms with van der Waals surface area (Å²) in [6.07, 6.45) is 4.19. The Morgan fingerprint density at radius 1 is 0.366 bits per heavy atom. The Labute approximate surface area is 467 Å². The molecule has 0 saturated heterocycles. The van der Waals surface area contributed by atoms with E-state index in [0.29, 0.717) is 62.5 Å². The van der Waals surface area contributed by atoms with E-state index in [4.69, 9.17) is 0 Å². The number of carboxylic acid groups (broad SMARTS) is 10. The van der Waals surface area contributed by atoms with Crippen molar-refractivity contribution in [2.75, 3.05) is 78.5 Å². The number of aliphatic carboxylic acids is 10. The van der Waals surface area contributed by atoms with Crippen LogP contribution < -0.4 is 0 Å². The summed E-state index contributed by atoms with van der Waals surface area (Å²) in [4.78, 5) is 145. The highest BCUT2D eigenvalue weighted by molar-refractivity contribution is 5.75. The van der Waals surface area contributed by atoms with Crippen LogP contribution in [0.4, 0.5) is 11.4 Å². The molecule has 2 aromatic rings. The fraction of sp³-hybridized carbons (Fsp3) is 0.560. The molecule has 0 heterocycles. The molecule has 2 saturated carbocycles. The summed E-state index contributed by atoms with van der Waals surface area (Å²) in [6, 6.07) is 6.40. The van der Waals surface area contributed by atoms with Crippen LogP contribution in [0.1, 0.15) is 62.5 Å². The molecule has 10 N–H and O–H groups in total. The SMILES string of the molecule is O=C(O)CN(CC(=O)O)[C@@H](Cc1ccc([N+](=O)[O-])cc1)CN(CC(=O)O)[C@@H]1CCCC[C@H]1N(CC(=O)O)CC(=O)O.O=C(O)CN(CC(=O)O)[C@H](Cc1ccc([N+](=O)[O-])cc1)CN(CC(=O)O)[C@@H]1CCCC[C@H]1N(CC(=O)O)CC(=O)O. The molecule has 2 aliphatic carbocycles. The fourth-order valence-electron chi connectivity index (χ4n) is 10.7. The van der Waals surface area contributed by atoms with Crippen LogP contribution in [-0.4, -0.2) is 265 Å². The highest BCUT2D eigenvalue weighted by atomic mass is 16.6. The number of non-ortho nitro benzene ring substituents is 2. The first kappa shape index (κ1) is 68.0. The van der Waals surface area contributed by atoms with Gasteiger partial charge < -0.3 is 51.1 Å². The van der Waals surface area contributed by atoms with Gasteiger partial charge in [-0.05, 0) is 49.7 Å². The lowest BCUT2D eigenvalue weighted by atomic mass is 9.87. The van der Waals surface area contributed by atoms with E-state index in [1.165, 1.54) is 68.1 Å². The summed E-state index contributed by atoms with van der Waals surface area (Å²) in [5.74, 6) is -12.8. The second-order valence-corrected chi connectivity index (χ2v) is 19.8.